The van der Waals surface area contributed by atoms with Crippen LogP contribution in [0, 0.1) is 0 Å². The maximum Gasteiger partial charge on any atom is 0.181 e. The van der Waals surface area contributed by atoms with E-state index in [0.717, 1.165) is 55.8 Å². The fourth-order valence-corrected chi connectivity index (χ4v) is 9.96. The molecule has 0 saturated heterocycles. The van der Waals surface area contributed by atoms with E-state index < -0.39 is 7.14 Å². The minimum absolute atomic E-state index is 0.711. The minimum Gasteiger partial charge on any atom is -0.308 e. The highest BCUT2D eigenvalue weighted by Gasteiger charge is 2.44. The van der Waals surface area contributed by atoms with Gasteiger partial charge in [0.2, 0.25) is 0 Å². The summed E-state index contributed by atoms with van der Waals surface area (Å²) in [5.41, 5.74) is 8.81. The Morgan fingerprint density at radius 2 is 0.978 bits per heavy atom. The summed E-state index contributed by atoms with van der Waals surface area (Å²) in [5, 5.41) is 2.68. The van der Waals surface area contributed by atoms with Crippen LogP contribution in [0.5, 0.6) is 0 Å². The molecule has 0 aliphatic carbocycles. The maximum absolute atomic E-state index is 16.1. The van der Waals surface area contributed by atoms with Crippen molar-refractivity contribution in [2.45, 2.75) is 13.1 Å². The fourth-order valence-electron chi connectivity index (χ4n) is 6.64. The van der Waals surface area contributed by atoms with Gasteiger partial charge in [-0.05, 0) is 33.9 Å². The SMILES string of the molecule is O=P1(c2ccccc2-c2ccccc2)c2cc(-c3cc[n+](Cc4ccccc4)cc3)ccc2-c2cc[n+](Cc3ccccc3)cc21. The molecule has 8 rings (SSSR count). The number of hydrogen-bond donors (Lipinski definition) is 0. The van der Waals surface area contributed by atoms with Gasteiger partial charge in [0.05, 0.1) is 5.30 Å². The highest BCUT2D eigenvalue weighted by atomic mass is 31.2. The Labute approximate surface area is 270 Å². The number of fused-ring (bicyclic) bond motifs is 3. The van der Waals surface area contributed by atoms with Gasteiger partial charge in [0.1, 0.15) is 0 Å². The van der Waals surface area contributed by atoms with Crippen molar-refractivity contribution < 1.29 is 13.7 Å². The van der Waals surface area contributed by atoms with E-state index >= 15 is 4.57 Å². The molecular formula is C42H33N2OP+2. The first-order valence-corrected chi connectivity index (χ1v) is 17.4. The van der Waals surface area contributed by atoms with Crippen molar-refractivity contribution in [2.24, 2.45) is 0 Å². The molecule has 2 aromatic heterocycles. The minimum atomic E-state index is -3.27. The summed E-state index contributed by atoms with van der Waals surface area (Å²) in [6.07, 6.45) is 8.49. The number of pyridine rings is 2. The van der Waals surface area contributed by atoms with Crippen LogP contribution in [0.4, 0.5) is 0 Å². The Balaban J connectivity index is 1.26. The summed E-state index contributed by atoms with van der Waals surface area (Å²) in [4.78, 5) is 0. The Kier molecular flexibility index (Phi) is 7.25. The van der Waals surface area contributed by atoms with Gasteiger partial charge in [-0.15, -0.1) is 0 Å². The van der Waals surface area contributed by atoms with Gasteiger partial charge in [0.25, 0.3) is 0 Å². The largest absolute Gasteiger partial charge is 0.308 e. The van der Waals surface area contributed by atoms with Gasteiger partial charge in [0.15, 0.2) is 45.0 Å². The summed E-state index contributed by atoms with van der Waals surface area (Å²) in [5.74, 6) is 0. The van der Waals surface area contributed by atoms with E-state index in [9.17, 15) is 0 Å². The average Bonchev–Trinajstić information content (AvgIpc) is 3.37. The average molecular weight is 613 g/mol. The van der Waals surface area contributed by atoms with Gasteiger partial charge in [0, 0.05) is 45.5 Å². The lowest BCUT2D eigenvalue weighted by atomic mass is 10.0. The van der Waals surface area contributed by atoms with Crippen LogP contribution in [0.2, 0.25) is 0 Å². The van der Waals surface area contributed by atoms with E-state index in [-0.39, 0.29) is 0 Å². The van der Waals surface area contributed by atoms with Gasteiger partial charge in [-0.2, -0.15) is 4.57 Å². The maximum atomic E-state index is 16.1. The van der Waals surface area contributed by atoms with Crippen molar-refractivity contribution in [1.29, 1.82) is 0 Å². The molecule has 0 bridgehead atoms. The highest BCUT2D eigenvalue weighted by Crippen LogP contribution is 2.54. The van der Waals surface area contributed by atoms with Crippen molar-refractivity contribution in [3.05, 3.63) is 188 Å². The predicted molar refractivity (Wildman–Crippen MR) is 187 cm³/mol. The number of rotatable bonds is 7. The Morgan fingerprint density at radius 1 is 0.413 bits per heavy atom. The normalized spacial score (nSPS) is 14.9. The number of nitrogens with zero attached hydrogens (tertiary/aromatic N) is 2. The summed E-state index contributed by atoms with van der Waals surface area (Å²) >= 11 is 0. The third-order valence-corrected chi connectivity index (χ3v) is 12.1. The molecule has 1 unspecified atom stereocenters. The second kappa shape index (κ2) is 11.9. The predicted octanol–water partition coefficient (Wildman–Crippen LogP) is 7.31. The van der Waals surface area contributed by atoms with Crippen molar-refractivity contribution in [3.63, 3.8) is 0 Å². The molecule has 3 heterocycles. The van der Waals surface area contributed by atoms with Crippen molar-refractivity contribution in [3.8, 4) is 33.4 Å². The molecule has 3 nitrogen and oxygen atoms in total. The molecule has 4 heteroatoms. The van der Waals surface area contributed by atoms with Crippen LogP contribution >= 0.6 is 7.14 Å². The molecule has 7 aromatic rings. The third-order valence-electron chi connectivity index (χ3n) is 8.93. The molecule has 1 aliphatic rings. The second-order valence-corrected chi connectivity index (χ2v) is 14.5. The molecule has 0 spiro atoms. The number of aromatic nitrogens is 2. The van der Waals surface area contributed by atoms with Crippen molar-refractivity contribution >= 4 is 23.1 Å². The zero-order valence-electron chi connectivity index (χ0n) is 25.4. The lowest BCUT2D eigenvalue weighted by Crippen LogP contribution is -2.38. The first-order chi connectivity index (χ1) is 22.7. The van der Waals surface area contributed by atoms with E-state index in [2.05, 4.69) is 143 Å². The fraction of sp³-hybridized carbons (Fsp3) is 0.0476. The molecule has 0 radical (unpaired) electrons. The van der Waals surface area contributed by atoms with Crippen LogP contribution in [0.15, 0.2) is 176 Å². The Morgan fingerprint density at radius 3 is 1.67 bits per heavy atom. The zero-order chi connectivity index (χ0) is 30.9. The summed E-state index contributed by atoms with van der Waals surface area (Å²) in [6.45, 7) is 1.53. The molecular weight excluding hydrogens is 579 g/mol. The Bertz CT molecular complexity index is 2210. The van der Waals surface area contributed by atoms with Gasteiger partial charge >= 0.3 is 0 Å². The standard InChI is InChI=1S/C42H33N2OP/c45-46(40-19-11-10-18-37(40)35-16-8-3-9-17-35)41-28-36(34-22-25-43(26-23-34)29-32-12-4-1-5-13-32)20-21-38(41)39-24-27-44(31-42(39)46)30-33-14-6-2-7-15-33/h1-28,31H,29-30H2/q+2. The first-order valence-electron chi connectivity index (χ1n) is 15.7. The van der Waals surface area contributed by atoms with Crippen LogP contribution in [0.3, 0.4) is 0 Å². The third kappa shape index (κ3) is 5.09. The number of hydrogen-bond acceptors (Lipinski definition) is 1. The molecule has 0 fully saturated rings. The molecule has 0 saturated carbocycles. The zero-order valence-corrected chi connectivity index (χ0v) is 26.3. The Hall–Kier alpha value is -5.37. The molecule has 1 atom stereocenters. The molecule has 1 aliphatic heterocycles. The lowest BCUT2D eigenvalue weighted by Gasteiger charge is -2.19. The molecule has 5 aromatic carbocycles. The monoisotopic (exact) mass is 612 g/mol. The van der Waals surface area contributed by atoms with Gasteiger partial charge in [-0.25, -0.2) is 4.57 Å². The van der Waals surface area contributed by atoms with E-state index in [1.54, 1.807) is 0 Å². The van der Waals surface area contributed by atoms with E-state index in [1.165, 1.54) is 11.1 Å². The molecule has 0 amide bonds. The molecule has 0 N–H and O–H groups in total. The molecule has 46 heavy (non-hydrogen) atoms. The quantitative estimate of drug-likeness (QED) is 0.137. The van der Waals surface area contributed by atoms with Gasteiger partial charge in [-0.1, -0.05) is 127 Å². The summed E-state index contributed by atoms with van der Waals surface area (Å²) in [6, 6.07) is 52.5. The van der Waals surface area contributed by atoms with Gasteiger partial charge < -0.3 is 4.57 Å². The van der Waals surface area contributed by atoms with E-state index in [0.29, 0.717) is 6.54 Å². The van der Waals surface area contributed by atoms with E-state index in [4.69, 9.17) is 0 Å². The van der Waals surface area contributed by atoms with Crippen LogP contribution in [0.1, 0.15) is 11.1 Å². The first kappa shape index (κ1) is 28.1. The van der Waals surface area contributed by atoms with Gasteiger partial charge in [-0.3, -0.25) is 0 Å². The van der Waals surface area contributed by atoms with Crippen molar-refractivity contribution in [2.75, 3.05) is 0 Å². The van der Waals surface area contributed by atoms with Crippen LogP contribution in [0.25, 0.3) is 33.4 Å². The highest BCUT2D eigenvalue weighted by molar-refractivity contribution is 7.86. The van der Waals surface area contributed by atoms with Crippen molar-refractivity contribution in [1.82, 2.24) is 0 Å². The summed E-state index contributed by atoms with van der Waals surface area (Å²) < 4.78 is 20.4. The van der Waals surface area contributed by atoms with E-state index in [1.807, 2.05) is 42.5 Å². The number of benzene rings is 5. The van der Waals surface area contributed by atoms with Crippen LogP contribution < -0.4 is 25.0 Å². The smallest absolute Gasteiger partial charge is 0.181 e. The lowest BCUT2D eigenvalue weighted by molar-refractivity contribution is -0.688. The van der Waals surface area contributed by atoms with Crippen LogP contribution in [-0.4, -0.2) is 0 Å². The second-order valence-electron chi connectivity index (χ2n) is 11.9. The topological polar surface area (TPSA) is 24.8 Å². The summed E-state index contributed by atoms with van der Waals surface area (Å²) in [7, 11) is -3.27. The van der Waals surface area contributed by atoms with Crippen LogP contribution in [-0.2, 0) is 17.7 Å². The molecule has 220 valence electrons.